The van der Waals surface area contributed by atoms with Gasteiger partial charge in [0.15, 0.2) is 0 Å². The molecule has 0 radical (unpaired) electrons. The van der Waals surface area contributed by atoms with Gasteiger partial charge in [-0.1, -0.05) is 54.6 Å². The molecule has 0 aliphatic rings. The van der Waals surface area contributed by atoms with E-state index in [4.69, 9.17) is 5.73 Å². The molecular weight excluding hydrogens is 337 g/mol. The minimum Gasteiger partial charge on any atom is -0.355 e. The smallest absolute Gasteiger partial charge is 0.355 e. The maximum atomic E-state index is 13.3. The summed E-state index contributed by atoms with van der Waals surface area (Å²) in [5, 5.41) is 2.92. The van der Waals surface area contributed by atoms with E-state index in [1.54, 1.807) is 18.2 Å². The summed E-state index contributed by atoms with van der Waals surface area (Å²) in [6, 6.07) is 19.9. The molecule has 0 saturated heterocycles. The van der Waals surface area contributed by atoms with Gasteiger partial charge in [-0.3, -0.25) is 0 Å². The van der Waals surface area contributed by atoms with E-state index < -0.39 is 17.8 Å². The molecule has 0 aromatic heterocycles. The molecule has 0 fully saturated rings. The Labute approximate surface area is 150 Å². The van der Waals surface area contributed by atoms with Crippen molar-refractivity contribution in [2.75, 3.05) is 5.32 Å². The summed E-state index contributed by atoms with van der Waals surface area (Å²) in [5.41, 5.74) is 8.99. The van der Waals surface area contributed by atoms with Crippen LogP contribution in [0.25, 0.3) is 0 Å². The van der Waals surface area contributed by atoms with Gasteiger partial charge in [0.05, 0.1) is 17.3 Å². The molecule has 1 atom stereocenters. The molecule has 0 unspecified atom stereocenters. The third kappa shape index (κ3) is 3.73. The van der Waals surface area contributed by atoms with Gasteiger partial charge < -0.3 is 11.1 Å². The van der Waals surface area contributed by atoms with Crippen LogP contribution in [0, 0.1) is 6.92 Å². The minimum absolute atomic E-state index is 0.00411. The van der Waals surface area contributed by atoms with Crippen LogP contribution in [0.1, 0.15) is 28.3 Å². The van der Waals surface area contributed by atoms with Gasteiger partial charge in [-0.25, -0.2) is 0 Å². The number of anilines is 2. The minimum atomic E-state index is -4.43. The van der Waals surface area contributed by atoms with Crippen molar-refractivity contribution in [1.82, 2.24) is 0 Å². The van der Waals surface area contributed by atoms with Crippen molar-refractivity contribution < 1.29 is 13.2 Å². The molecule has 3 aromatic carbocycles. The van der Waals surface area contributed by atoms with Crippen LogP contribution >= 0.6 is 0 Å². The number of nitrogens with two attached hydrogens (primary N) is 1. The summed E-state index contributed by atoms with van der Waals surface area (Å²) in [4.78, 5) is 0. The molecule has 0 spiro atoms. The lowest BCUT2D eigenvalue weighted by Gasteiger charge is -2.21. The first-order valence-corrected chi connectivity index (χ1v) is 8.21. The first kappa shape index (κ1) is 18.0. The summed E-state index contributed by atoms with van der Waals surface area (Å²) in [5.74, 6) is 0. The van der Waals surface area contributed by atoms with Gasteiger partial charge in [0.25, 0.3) is 0 Å². The van der Waals surface area contributed by atoms with E-state index in [1.807, 2.05) is 43.3 Å². The molecule has 0 amide bonds. The van der Waals surface area contributed by atoms with Crippen LogP contribution in [0.15, 0.2) is 72.8 Å². The van der Waals surface area contributed by atoms with Crippen LogP contribution in [0.4, 0.5) is 24.5 Å². The lowest BCUT2D eigenvalue weighted by molar-refractivity contribution is -0.136. The zero-order valence-corrected chi connectivity index (χ0v) is 14.2. The normalized spacial score (nSPS) is 12.7. The predicted molar refractivity (Wildman–Crippen MR) is 98.4 cm³/mol. The average molecular weight is 356 g/mol. The van der Waals surface area contributed by atoms with Crippen LogP contribution in [0.2, 0.25) is 0 Å². The molecule has 0 saturated carbocycles. The number of alkyl halides is 3. The van der Waals surface area contributed by atoms with E-state index in [0.717, 1.165) is 22.8 Å². The summed E-state index contributed by atoms with van der Waals surface area (Å²) in [6.45, 7) is 1.96. The van der Waals surface area contributed by atoms with Crippen LogP contribution in [0.5, 0.6) is 0 Å². The largest absolute Gasteiger partial charge is 0.418 e. The third-order valence-corrected chi connectivity index (χ3v) is 4.32. The number of hydrogen-bond donors (Lipinski definition) is 2. The van der Waals surface area contributed by atoms with Crippen molar-refractivity contribution >= 4 is 11.4 Å². The molecule has 3 aromatic rings. The van der Waals surface area contributed by atoms with Crippen molar-refractivity contribution in [3.8, 4) is 0 Å². The Morgan fingerprint density at radius 3 is 1.96 bits per heavy atom. The van der Waals surface area contributed by atoms with Gasteiger partial charge in [0, 0.05) is 5.69 Å². The molecule has 3 rings (SSSR count). The van der Waals surface area contributed by atoms with Gasteiger partial charge in [0.2, 0.25) is 0 Å². The van der Waals surface area contributed by atoms with Crippen molar-refractivity contribution in [2.45, 2.75) is 19.1 Å². The second-order valence-corrected chi connectivity index (χ2v) is 6.09. The number of aryl methyl sites for hydroxylation is 1. The lowest BCUT2D eigenvalue weighted by Crippen LogP contribution is -2.15. The fourth-order valence-corrected chi connectivity index (χ4v) is 2.97. The Kier molecular flexibility index (Phi) is 5.00. The molecular formula is C21H19F3N2. The molecule has 0 heterocycles. The second kappa shape index (κ2) is 7.22. The van der Waals surface area contributed by atoms with Gasteiger partial charge >= 0.3 is 6.18 Å². The van der Waals surface area contributed by atoms with Crippen molar-refractivity contribution in [3.63, 3.8) is 0 Å². The number of hydrogen-bond acceptors (Lipinski definition) is 2. The summed E-state index contributed by atoms with van der Waals surface area (Å²) < 4.78 is 39.8. The Hall–Kier alpha value is -2.79. The van der Waals surface area contributed by atoms with E-state index >= 15 is 0 Å². The molecule has 5 heteroatoms. The average Bonchev–Trinajstić information content (AvgIpc) is 2.62. The van der Waals surface area contributed by atoms with Gasteiger partial charge in [-0.05, 0) is 41.8 Å². The Morgan fingerprint density at radius 2 is 1.31 bits per heavy atom. The van der Waals surface area contributed by atoms with Gasteiger partial charge in [0.1, 0.15) is 0 Å². The Morgan fingerprint density at radius 1 is 0.769 bits per heavy atom. The van der Waals surface area contributed by atoms with E-state index in [2.05, 4.69) is 5.32 Å². The summed E-state index contributed by atoms with van der Waals surface area (Å²) in [7, 11) is 0. The topological polar surface area (TPSA) is 38.0 Å². The standard InChI is InChI=1S/C21H19F3N2/c1-14-8-2-3-9-15(14)20(25)16-10-4-6-12-18(16)26-19-13-7-5-11-17(19)21(22,23)24/h2-13,20,26H,25H2,1H3/t20-/m1/s1. The van der Waals surface area contributed by atoms with Crippen molar-refractivity contribution in [1.29, 1.82) is 0 Å². The number of para-hydroxylation sites is 2. The highest BCUT2D eigenvalue weighted by Gasteiger charge is 2.33. The first-order valence-electron chi connectivity index (χ1n) is 8.21. The SMILES string of the molecule is Cc1ccccc1[C@@H](N)c1ccccc1Nc1ccccc1C(F)(F)F. The highest BCUT2D eigenvalue weighted by molar-refractivity contribution is 5.68. The molecule has 0 bridgehead atoms. The zero-order valence-electron chi connectivity index (χ0n) is 14.2. The zero-order chi connectivity index (χ0) is 18.7. The molecule has 3 N–H and O–H groups in total. The first-order chi connectivity index (χ1) is 12.4. The van der Waals surface area contributed by atoms with E-state index in [9.17, 15) is 13.2 Å². The Balaban J connectivity index is 2.01. The van der Waals surface area contributed by atoms with E-state index in [0.29, 0.717) is 5.69 Å². The fourth-order valence-electron chi connectivity index (χ4n) is 2.97. The summed E-state index contributed by atoms with van der Waals surface area (Å²) >= 11 is 0. The number of nitrogens with one attached hydrogen (secondary N) is 1. The van der Waals surface area contributed by atoms with Crippen molar-refractivity contribution in [3.05, 3.63) is 95.1 Å². The van der Waals surface area contributed by atoms with Crippen LogP contribution in [-0.2, 0) is 6.18 Å². The van der Waals surface area contributed by atoms with Gasteiger partial charge in [-0.2, -0.15) is 13.2 Å². The molecule has 26 heavy (non-hydrogen) atoms. The summed E-state index contributed by atoms with van der Waals surface area (Å²) in [6.07, 6.45) is -4.43. The van der Waals surface area contributed by atoms with Crippen LogP contribution in [0.3, 0.4) is 0 Å². The molecule has 0 aliphatic carbocycles. The molecule has 134 valence electrons. The monoisotopic (exact) mass is 356 g/mol. The second-order valence-electron chi connectivity index (χ2n) is 6.09. The number of benzene rings is 3. The molecule has 0 aliphatic heterocycles. The predicted octanol–water partition coefficient (Wildman–Crippen LogP) is 5.81. The van der Waals surface area contributed by atoms with Crippen LogP contribution < -0.4 is 11.1 Å². The lowest BCUT2D eigenvalue weighted by atomic mass is 9.94. The maximum Gasteiger partial charge on any atom is 0.418 e. The highest BCUT2D eigenvalue weighted by atomic mass is 19.4. The van der Waals surface area contributed by atoms with Gasteiger partial charge in [-0.15, -0.1) is 0 Å². The Bertz CT molecular complexity index is 904. The highest BCUT2D eigenvalue weighted by Crippen LogP contribution is 2.37. The maximum absolute atomic E-state index is 13.3. The molecule has 2 nitrogen and oxygen atoms in total. The van der Waals surface area contributed by atoms with Crippen molar-refractivity contribution in [2.24, 2.45) is 5.73 Å². The third-order valence-electron chi connectivity index (χ3n) is 4.32. The van der Waals surface area contributed by atoms with Crippen LogP contribution in [-0.4, -0.2) is 0 Å². The van der Waals surface area contributed by atoms with E-state index in [-0.39, 0.29) is 5.69 Å². The number of rotatable bonds is 4. The quantitative estimate of drug-likeness (QED) is 0.619. The fraction of sp³-hybridized carbons (Fsp3) is 0.143. The van der Waals surface area contributed by atoms with E-state index in [1.165, 1.54) is 12.1 Å². The number of halogens is 3.